The van der Waals surface area contributed by atoms with Crippen molar-refractivity contribution in [3.63, 3.8) is 0 Å². The van der Waals surface area contributed by atoms with E-state index in [0.717, 1.165) is 31.6 Å². The first-order chi connectivity index (χ1) is 17.4. The summed E-state index contributed by atoms with van der Waals surface area (Å²) in [6.07, 6.45) is 3.28. The van der Waals surface area contributed by atoms with Crippen molar-refractivity contribution in [2.75, 3.05) is 29.5 Å². The Bertz CT molecular complexity index is 1460. The highest BCUT2D eigenvalue weighted by molar-refractivity contribution is 6.36. The zero-order valence-corrected chi connectivity index (χ0v) is 20.6. The van der Waals surface area contributed by atoms with E-state index >= 15 is 0 Å². The average molecular weight is 524 g/mol. The second-order valence-corrected chi connectivity index (χ2v) is 9.37. The molecule has 0 bridgehead atoms. The molecule has 0 saturated carbocycles. The molecule has 36 heavy (non-hydrogen) atoms. The van der Waals surface area contributed by atoms with Crippen LogP contribution in [0.2, 0.25) is 10.0 Å². The molecule has 5 rings (SSSR count). The molecule has 0 radical (unpaired) electrons. The number of urea groups is 1. The number of halogens is 2. The summed E-state index contributed by atoms with van der Waals surface area (Å²) in [6.45, 7) is 1.80. The van der Waals surface area contributed by atoms with Crippen molar-refractivity contribution in [2.45, 2.75) is 18.8 Å². The molecule has 0 unspecified atom stereocenters. The number of nitrogen functional groups attached to an aromatic ring is 1. The third-order valence-corrected chi connectivity index (χ3v) is 6.72. The lowest BCUT2D eigenvalue weighted by Gasteiger charge is -2.22. The van der Waals surface area contributed by atoms with Crippen LogP contribution < -0.4 is 21.7 Å². The van der Waals surface area contributed by atoms with Gasteiger partial charge in [0.2, 0.25) is 0 Å². The highest BCUT2D eigenvalue weighted by Gasteiger charge is 2.26. The molecule has 2 amide bonds. The molecule has 0 aliphatic carbocycles. The van der Waals surface area contributed by atoms with Gasteiger partial charge in [0, 0.05) is 27.9 Å². The van der Waals surface area contributed by atoms with Crippen molar-refractivity contribution < 1.29 is 9.59 Å². The zero-order chi connectivity index (χ0) is 25.2. The molecule has 2 aromatic heterocycles. The average Bonchev–Trinajstić information content (AvgIpc) is 3.27. The van der Waals surface area contributed by atoms with E-state index in [9.17, 15) is 9.59 Å². The number of amides is 2. The number of anilines is 3. The van der Waals surface area contributed by atoms with E-state index in [2.05, 4.69) is 26.0 Å². The molecule has 5 N–H and O–H groups in total. The van der Waals surface area contributed by atoms with Gasteiger partial charge >= 0.3 is 6.03 Å². The second kappa shape index (κ2) is 10.1. The largest absolute Gasteiger partial charge is 0.382 e. The fraction of sp³-hybridized carbons (Fsp3) is 0.200. The number of nitrogens with two attached hydrogens (primary N) is 1. The van der Waals surface area contributed by atoms with Crippen LogP contribution in [-0.2, 0) is 0 Å². The Balaban J connectivity index is 1.41. The topological polar surface area (TPSA) is 126 Å². The zero-order valence-electron chi connectivity index (χ0n) is 19.1. The van der Waals surface area contributed by atoms with Gasteiger partial charge in [-0.15, -0.1) is 0 Å². The van der Waals surface area contributed by atoms with Gasteiger partial charge in [-0.3, -0.25) is 4.79 Å². The standard InChI is InChI=1S/C25H23Cl2N7O2/c26-16-4-5-20(19(27)11-16)33-25(36)32-17-3-1-2-15(10-17)23(35)18-12-21(14-6-8-29-9-7-14)34-22(18)24(28)30-13-31-34/h1-5,10-14,29H,6-9H2,(H2,28,30,31)(H2,32,33,36). The molecule has 1 saturated heterocycles. The highest BCUT2D eigenvalue weighted by atomic mass is 35.5. The number of hydrogen-bond acceptors (Lipinski definition) is 6. The van der Waals surface area contributed by atoms with Crippen molar-refractivity contribution in [1.29, 1.82) is 0 Å². The van der Waals surface area contributed by atoms with Crippen molar-refractivity contribution >= 4 is 57.7 Å². The third-order valence-electron chi connectivity index (χ3n) is 6.17. The Morgan fingerprint density at radius 2 is 1.86 bits per heavy atom. The molecule has 1 aliphatic heterocycles. The number of hydrogen-bond donors (Lipinski definition) is 4. The lowest BCUT2D eigenvalue weighted by Crippen LogP contribution is -2.27. The van der Waals surface area contributed by atoms with Crippen LogP contribution in [0.15, 0.2) is 54.9 Å². The lowest BCUT2D eigenvalue weighted by molar-refractivity contribution is 0.104. The van der Waals surface area contributed by atoms with E-state index in [-0.39, 0.29) is 17.5 Å². The van der Waals surface area contributed by atoms with E-state index < -0.39 is 6.03 Å². The molecule has 9 nitrogen and oxygen atoms in total. The monoisotopic (exact) mass is 523 g/mol. The van der Waals surface area contributed by atoms with Gasteiger partial charge in [0.05, 0.1) is 16.3 Å². The SMILES string of the molecule is Nc1ncnn2c(C3CCNCC3)cc(C(=O)c3cccc(NC(=O)Nc4ccc(Cl)cc4Cl)c3)c12. The molecule has 0 spiro atoms. The van der Waals surface area contributed by atoms with Gasteiger partial charge in [0.15, 0.2) is 11.6 Å². The summed E-state index contributed by atoms with van der Waals surface area (Å²) in [6, 6.07) is 12.8. The molecule has 0 atom stereocenters. The van der Waals surface area contributed by atoms with Crippen molar-refractivity contribution in [3.05, 3.63) is 81.7 Å². The van der Waals surface area contributed by atoms with Crippen LogP contribution in [0.5, 0.6) is 0 Å². The summed E-state index contributed by atoms with van der Waals surface area (Å²) in [5, 5.41) is 13.9. The maximum Gasteiger partial charge on any atom is 0.323 e. The van der Waals surface area contributed by atoms with E-state index in [1.807, 2.05) is 6.07 Å². The first-order valence-corrected chi connectivity index (χ1v) is 12.2. The van der Waals surface area contributed by atoms with Gasteiger partial charge < -0.3 is 21.7 Å². The Morgan fingerprint density at radius 3 is 2.64 bits per heavy atom. The number of piperidine rings is 1. The van der Waals surface area contributed by atoms with Crippen LogP contribution in [0, 0.1) is 0 Å². The second-order valence-electron chi connectivity index (χ2n) is 8.53. The Morgan fingerprint density at radius 1 is 1.06 bits per heavy atom. The number of nitrogens with one attached hydrogen (secondary N) is 3. The summed E-state index contributed by atoms with van der Waals surface area (Å²) in [4.78, 5) is 30.3. The van der Waals surface area contributed by atoms with Gasteiger partial charge in [-0.05, 0) is 62.3 Å². The molecule has 3 heterocycles. The van der Waals surface area contributed by atoms with Crippen molar-refractivity contribution in [2.24, 2.45) is 0 Å². The highest BCUT2D eigenvalue weighted by Crippen LogP contribution is 2.32. The summed E-state index contributed by atoms with van der Waals surface area (Å²) in [7, 11) is 0. The number of aromatic nitrogens is 3. The number of carbonyl (C=O) groups excluding carboxylic acids is 2. The van der Waals surface area contributed by atoms with Crippen LogP contribution in [0.4, 0.5) is 22.0 Å². The number of benzene rings is 2. The molecule has 2 aromatic carbocycles. The van der Waals surface area contributed by atoms with Crippen molar-refractivity contribution in [1.82, 2.24) is 19.9 Å². The van der Waals surface area contributed by atoms with E-state index in [0.29, 0.717) is 38.1 Å². The first-order valence-electron chi connectivity index (χ1n) is 11.4. The summed E-state index contributed by atoms with van der Waals surface area (Å²) in [5.41, 5.74) is 9.29. The van der Waals surface area contributed by atoms with Gasteiger partial charge in [-0.25, -0.2) is 14.3 Å². The minimum absolute atomic E-state index is 0.237. The number of rotatable bonds is 5. The predicted octanol–water partition coefficient (Wildman–Crippen LogP) is 4.96. The van der Waals surface area contributed by atoms with Crippen LogP contribution in [-0.4, -0.2) is 39.5 Å². The lowest BCUT2D eigenvalue weighted by atomic mass is 9.94. The van der Waals surface area contributed by atoms with Crippen LogP contribution >= 0.6 is 23.2 Å². The Hall–Kier alpha value is -3.66. The van der Waals surface area contributed by atoms with Crippen LogP contribution in [0.1, 0.15) is 40.4 Å². The molecule has 11 heteroatoms. The number of carbonyl (C=O) groups is 2. The summed E-state index contributed by atoms with van der Waals surface area (Å²) >= 11 is 12.0. The minimum Gasteiger partial charge on any atom is -0.382 e. The molecular weight excluding hydrogens is 501 g/mol. The van der Waals surface area contributed by atoms with Crippen LogP contribution in [0.3, 0.4) is 0 Å². The molecule has 1 fully saturated rings. The maximum atomic E-state index is 13.6. The molecule has 4 aromatic rings. The normalized spacial score (nSPS) is 14.1. The van der Waals surface area contributed by atoms with Crippen molar-refractivity contribution in [3.8, 4) is 0 Å². The maximum absolute atomic E-state index is 13.6. The fourth-order valence-electron chi connectivity index (χ4n) is 4.44. The molecule has 1 aliphatic rings. The smallest absolute Gasteiger partial charge is 0.323 e. The molecule has 184 valence electrons. The van der Waals surface area contributed by atoms with E-state index in [1.165, 1.54) is 12.4 Å². The summed E-state index contributed by atoms with van der Waals surface area (Å²) < 4.78 is 1.73. The van der Waals surface area contributed by atoms with E-state index in [4.69, 9.17) is 28.9 Å². The predicted molar refractivity (Wildman–Crippen MR) is 141 cm³/mol. The Labute approximate surface area is 217 Å². The van der Waals surface area contributed by atoms with Gasteiger partial charge in [0.25, 0.3) is 0 Å². The quantitative estimate of drug-likeness (QED) is 0.274. The fourth-order valence-corrected chi connectivity index (χ4v) is 4.90. The minimum atomic E-state index is -0.510. The summed E-state index contributed by atoms with van der Waals surface area (Å²) in [5.74, 6) is 0.256. The number of fused-ring (bicyclic) bond motifs is 1. The molecular formula is C25H23Cl2N7O2. The van der Waals surface area contributed by atoms with Crippen LogP contribution in [0.25, 0.3) is 5.52 Å². The van der Waals surface area contributed by atoms with Gasteiger partial charge in [-0.1, -0.05) is 35.3 Å². The van der Waals surface area contributed by atoms with E-state index in [1.54, 1.807) is 40.9 Å². The Kier molecular flexibility index (Phi) is 6.77. The van der Waals surface area contributed by atoms with Gasteiger partial charge in [0.1, 0.15) is 11.8 Å². The van der Waals surface area contributed by atoms with Gasteiger partial charge in [-0.2, -0.15) is 5.10 Å². The third kappa shape index (κ3) is 4.86. The first kappa shape index (κ1) is 24.1. The number of nitrogens with zero attached hydrogens (tertiary/aromatic N) is 3. The number of ketones is 1.